The highest BCUT2D eigenvalue weighted by molar-refractivity contribution is 7.98. The molecule has 1 atom stereocenters. The van der Waals surface area contributed by atoms with Crippen LogP contribution < -0.4 is 5.56 Å². The molecule has 3 nitrogen and oxygen atoms in total. The fourth-order valence-corrected chi connectivity index (χ4v) is 2.24. The Labute approximate surface area is 113 Å². The molecule has 0 fully saturated rings. The first-order valence-corrected chi connectivity index (χ1v) is 6.84. The lowest BCUT2D eigenvalue weighted by Crippen LogP contribution is -2.13. The summed E-state index contributed by atoms with van der Waals surface area (Å²) in [4.78, 5) is 18.2. The molecule has 0 aliphatic rings. The molecule has 0 amide bonds. The molecule has 0 bridgehead atoms. The lowest BCUT2D eigenvalue weighted by Gasteiger charge is -2.13. The van der Waals surface area contributed by atoms with Crippen LogP contribution in [-0.4, -0.2) is 16.2 Å². The fourth-order valence-electron chi connectivity index (χ4n) is 1.84. The minimum absolute atomic E-state index is 0.0762. The summed E-state index contributed by atoms with van der Waals surface area (Å²) in [5.41, 5.74) is -0.0669. The van der Waals surface area contributed by atoms with Gasteiger partial charge < -0.3 is 4.98 Å². The number of H-pyrrole nitrogens is 1. The number of nitrogens with one attached hydrogen (secondary N) is 1. The van der Waals surface area contributed by atoms with Gasteiger partial charge in [-0.25, -0.2) is 13.8 Å². The lowest BCUT2D eigenvalue weighted by molar-refractivity contribution is 0.543. The first-order valence-electron chi connectivity index (χ1n) is 5.62. The summed E-state index contributed by atoms with van der Waals surface area (Å²) in [6.45, 7) is 1.62. The van der Waals surface area contributed by atoms with Crippen molar-refractivity contribution in [3.8, 4) is 0 Å². The van der Waals surface area contributed by atoms with Gasteiger partial charge >= 0.3 is 0 Å². The summed E-state index contributed by atoms with van der Waals surface area (Å²) in [5, 5.41) is 0.422. The van der Waals surface area contributed by atoms with Gasteiger partial charge in [-0.15, -0.1) is 0 Å². The summed E-state index contributed by atoms with van der Waals surface area (Å²) >= 11 is 1.26. The molecule has 1 N–H and O–H groups in total. The molecule has 1 aromatic carbocycles. The summed E-state index contributed by atoms with van der Waals surface area (Å²) in [6.07, 6.45) is 1.76. The highest BCUT2D eigenvalue weighted by atomic mass is 32.2. The fraction of sp³-hybridized carbons (Fsp3) is 0.231. The number of hydrogen-bond acceptors (Lipinski definition) is 3. The van der Waals surface area contributed by atoms with Crippen molar-refractivity contribution >= 4 is 11.8 Å². The smallest absolute Gasteiger partial charge is 0.251 e. The van der Waals surface area contributed by atoms with E-state index in [0.717, 1.165) is 0 Å². The van der Waals surface area contributed by atoms with Crippen LogP contribution in [0.15, 0.2) is 34.2 Å². The highest BCUT2D eigenvalue weighted by Crippen LogP contribution is 2.27. The Morgan fingerprint density at radius 3 is 2.53 bits per heavy atom. The molecule has 0 aliphatic carbocycles. The van der Waals surface area contributed by atoms with E-state index < -0.39 is 17.6 Å². The zero-order valence-corrected chi connectivity index (χ0v) is 11.2. The number of benzene rings is 1. The van der Waals surface area contributed by atoms with Crippen LogP contribution in [-0.2, 0) is 0 Å². The summed E-state index contributed by atoms with van der Waals surface area (Å²) in [5.74, 6) is -1.91. The second-order valence-corrected chi connectivity index (χ2v) is 4.83. The van der Waals surface area contributed by atoms with Gasteiger partial charge in [-0.3, -0.25) is 4.79 Å². The van der Waals surface area contributed by atoms with Crippen molar-refractivity contribution in [3.63, 3.8) is 0 Å². The Morgan fingerprint density at radius 2 is 1.95 bits per heavy atom. The van der Waals surface area contributed by atoms with Gasteiger partial charge in [0, 0.05) is 17.5 Å². The van der Waals surface area contributed by atoms with Gasteiger partial charge in [-0.2, -0.15) is 0 Å². The summed E-state index contributed by atoms with van der Waals surface area (Å²) in [6, 6.07) is 4.95. The zero-order valence-electron chi connectivity index (χ0n) is 10.4. The Balaban J connectivity index is 2.53. The Kier molecular flexibility index (Phi) is 3.99. The summed E-state index contributed by atoms with van der Waals surface area (Å²) < 4.78 is 27.4. The van der Waals surface area contributed by atoms with E-state index in [9.17, 15) is 13.6 Å². The van der Waals surface area contributed by atoms with E-state index in [-0.39, 0.29) is 11.1 Å². The van der Waals surface area contributed by atoms with Crippen LogP contribution >= 0.6 is 11.8 Å². The number of nitrogens with zero attached hydrogens (tertiary/aromatic N) is 1. The van der Waals surface area contributed by atoms with E-state index in [2.05, 4.69) is 9.97 Å². The van der Waals surface area contributed by atoms with Gasteiger partial charge in [-0.1, -0.05) is 24.8 Å². The molecule has 0 radical (unpaired) electrons. The van der Waals surface area contributed by atoms with E-state index in [1.165, 1.54) is 36.0 Å². The van der Waals surface area contributed by atoms with E-state index in [1.54, 1.807) is 13.2 Å². The Bertz CT molecular complexity index is 637. The number of hydrogen-bond donors (Lipinski definition) is 1. The van der Waals surface area contributed by atoms with E-state index >= 15 is 0 Å². The third kappa shape index (κ3) is 2.84. The molecule has 0 unspecified atom stereocenters. The molecule has 100 valence electrons. The molecule has 0 aliphatic heterocycles. The quantitative estimate of drug-likeness (QED) is 0.695. The van der Waals surface area contributed by atoms with Gasteiger partial charge in [0.15, 0.2) is 5.16 Å². The van der Waals surface area contributed by atoms with Gasteiger partial charge in [0.25, 0.3) is 5.56 Å². The second-order valence-electron chi connectivity index (χ2n) is 4.04. The van der Waals surface area contributed by atoms with Crippen LogP contribution in [0, 0.1) is 11.6 Å². The molecular formula is C13H12F2N2OS. The van der Waals surface area contributed by atoms with Crippen LogP contribution in [0.3, 0.4) is 0 Å². The predicted octanol–water partition coefficient (Wildman–Crippen LogP) is 2.92. The molecule has 2 aromatic rings. The third-order valence-electron chi connectivity index (χ3n) is 2.81. The second kappa shape index (κ2) is 5.52. The molecule has 0 saturated heterocycles. The van der Waals surface area contributed by atoms with Crippen LogP contribution in [0.4, 0.5) is 8.78 Å². The number of halogens is 2. The van der Waals surface area contributed by atoms with E-state index in [0.29, 0.717) is 10.9 Å². The first-order chi connectivity index (χ1) is 9.02. The molecule has 0 spiro atoms. The van der Waals surface area contributed by atoms with E-state index in [4.69, 9.17) is 0 Å². The van der Waals surface area contributed by atoms with Crippen molar-refractivity contribution in [1.29, 1.82) is 0 Å². The predicted molar refractivity (Wildman–Crippen MR) is 70.5 cm³/mol. The number of aromatic nitrogens is 2. The normalized spacial score (nSPS) is 12.4. The number of thioether (sulfide) groups is 1. The van der Waals surface area contributed by atoms with Gasteiger partial charge in [0.1, 0.15) is 11.6 Å². The van der Waals surface area contributed by atoms with Crippen molar-refractivity contribution in [1.82, 2.24) is 9.97 Å². The van der Waals surface area contributed by atoms with Gasteiger partial charge in [0.2, 0.25) is 0 Å². The molecular weight excluding hydrogens is 270 g/mol. The zero-order chi connectivity index (χ0) is 14.0. The van der Waals surface area contributed by atoms with Crippen LogP contribution in [0.2, 0.25) is 0 Å². The maximum Gasteiger partial charge on any atom is 0.251 e. The minimum atomic E-state index is -0.639. The van der Waals surface area contributed by atoms with Crippen molar-refractivity contribution in [2.75, 3.05) is 6.26 Å². The largest absolute Gasteiger partial charge is 0.301 e. The molecule has 0 saturated carbocycles. The first kappa shape index (κ1) is 13.7. The Morgan fingerprint density at radius 1 is 1.32 bits per heavy atom. The summed E-state index contributed by atoms with van der Waals surface area (Å²) in [7, 11) is 0. The average molecular weight is 282 g/mol. The third-order valence-corrected chi connectivity index (χ3v) is 3.39. The lowest BCUT2D eigenvalue weighted by atomic mass is 9.96. The maximum absolute atomic E-state index is 13.7. The highest BCUT2D eigenvalue weighted by Gasteiger charge is 2.19. The number of aromatic amines is 1. The molecule has 1 aromatic heterocycles. The van der Waals surface area contributed by atoms with Crippen molar-refractivity contribution in [2.24, 2.45) is 0 Å². The minimum Gasteiger partial charge on any atom is -0.301 e. The average Bonchev–Trinajstić information content (AvgIpc) is 2.37. The molecule has 19 heavy (non-hydrogen) atoms. The standard InChI is InChI=1S/C13H12F2N2OS/c1-7(12-8(14)4-3-5-9(12)15)10-6-11(18)17-13(16-10)19-2/h3-7H,1-2H3,(H,16,17,18)/t7-/m1/s1. The van der Waals surface area contributed by atoms with Crippen LogP contribution in [0.25, 0.3) is 0 Å². The Hall–Kier alpha value is -1.69. The van der Waals surface area contributed by atoms with Crippen LogP contribution in [0.5, 0.6) is 0 Å². The maximum atomic E-state index is 13.7. The molecule has 2 rings (SSSR count). The number of rotatable bonds is 3. The van der Waals surface area contributed by atoms with Gasteiger partial charge in [-0.05, 0) is 18.4 Å². The molecule has 1 heterocycles. The molecule has 6 heteroatoms. The van der Waals surface area contributed by atoms with E-state index in [1.807, 2.05) is 0 Å². The monoisotopic (exact) mass is 282 g/mol. The van der Waals surface area contributed by atoms with Gasteiger partial charge in [0.05, 0.1) is 5.69 Å². The SMILES string of the molecule is CSc1nc([C@@H](C)c2c(F)cccc2F)cc(=O)[nH]1. The van der Waals surface area contributed by atoms with Crippen LogP contribution in [0.1, 0.15) is 24.1 Å². The van der Waals surface area contributed by atoms with Crippen molar-refractivity contribution < 1.29 is 8.78 Å². The topological polar surface area (TPSA) is 45.8 Å². The van der Waals surface area contributed by atoms with Crippen molar-refractivity contribution in [3.05, 3.63) is 57.5 Å². The van der Waals surface area contributed by atoms with Crippen molar-refractivity contribution in [2.45, 2.75) is 18.0 Å².